The molecule has 7 nitrogen and oxygen atoms in total. The Labute approximate surface area is 160 Å². The van der Waals surface area contributed by atoms with Crippen molar-refractivity contribution in [3.63, 3.8) is 0 Å². The summed E-state index contributed by atoms with van der Waals surface area (Å²) in [5.41, 5.74) is 0.246. The second kappa shape index (κ2) is 8.10. The number of hydrogen-bond acceptors (Lipinski definition) is 5. The fraction of sp³-hybridized carbons (Fsp3) is 0.647. The van der Waals surface area contributed by atoms with E-state index in [0.717, 1.165) is 11.8 Å². The molecule has 2 heterocycles. The Morgan fingerprint density at radius 3 is 2.65 bits per heavy atom. The molecule has 0 radical (unpaired) electrons. The van der Waals surface area contributed by atoms with Crippen molar-refractivity contribution in [3.8, 4) is 0 Å². The molecule has 2 rings (SSSR count). The number of hydrogen-bond donors (Lipinski definition) is 1. The molecule has 2 atom stereocenters. The number of sulfonamides is 1. The fourth-order valence-electron chi connectivity index (χ4n) is 3.04. The zero-order valence-corrected chi connectivity index (χ0v) is 17.1. The van der Waals surface area contributed by atoms with E-state index >= 15 is 0 Å². The Morgan fingerprint density at radius 2 is 2.12 bits per heavy atom. The number of aromatic nitrogens is 1. The van der Waals surface area contributed by atoms with Crippen LogP contribution in [0.5, 0.6) is 0 Å². The predicted molar refractivity (Wildman–Crippen MR) is 101 cm³/mol. The van der Waals surface area contributed by atoms with Crippen LogP contribution in [0.4, 0.5) is 4.79 Å². The van der Waals surface area contributed by atoms with Gasteiger partial charge in [-0.05, 0) is 51.7 Å². The highest BCUT2D eigenvalue weighted by molar-refractivity contribution is 7.88. The summed E-state index contributed by atoms with van der Waals surface area (Å²) in [7, 11) is -3.41. The Bertz CT molecular complexity index is 731. The highest BCUT2D eigenvalue weighted by Gasteiger charge is 2.37. The van der Waals surface area contributed by atoms with E-state index in [1.54, 1.807) is 37.9 Å². The lowest BCUT2D eigenvalue weighted by Crippen LogP contribution is -2.58. The lowest BCUT2D eigenvalue weighted by molar-refractivity contribution is 0.00591. The first-order chi connectivity index (χ1) is 11.9. The van der Waals surface area contributed by atoms with E-state index < -0.39 is 21.7 Å². The zero-order chi connectivity index (χ0) is 19.5. The quantitative estimate of drug-likeness (QED) is 0.780. The molecule has 1 N–H and O–H groups in total. The Hall–Kier alpha value is -1.38. The van der Waals surface area contributed by atoms with Gasteiger partial charge in [-0.3, -0.25) is 0 Å². The van der Waals surface area contributed by atoms with Crippen molar-refractivity contribution in [2.24, 2.45) is 0 Å². The highest BCUT2D eigenvalue weighted by atomic mass is 35.5. The second-order valence-electron chi connectivity index (χ2n) is 7.57. The molecule has 1 fully saturated rings. The SMILES string of the molecule is CC(C)(C)OC(=O)N1CCCC(NS(C)(=O)=O)C1Cc1ccc(Cl)nc1. The Balaban J connectivity index is 2.28. The van der Waals surface area contributed by atoms with E-state index in [0.29, 0.717) is 31.0 Å². The maximum atomic E-state index is 12.7. The summed E-state index contributed by atoms with van der Waals surface area (Å²) in [6.45, 7) is 5.93. The van der Waals surface area contributed by atoms with Gasteiger partial charge in [0.2, 0.25) is 10.0 Å². The molecule has 1 amide bonds. The van der Waals surface area contributed by atoms with Crippen LogP contribution in [-0.4, -0.2) is 54.9 Å². The molecule has 2 unspecified atom stereocenters. The van der Waals surface area contributed by atoms with Gasteiger partial charge in [0.1, 0.15) is 10.8 Å². The van der Waals surface area contributed by atoms with E-state index in [-0.39, 0.29) is 12.1 Å². The summed E-state index contributed by atoms with van der Waals surface area (Å²) in [6, 6.07) is 2.75. The number of halogens is 1. The van der Waals surface area contributed by atoms with E-state index in [9.17, 15) is 13.2 Å². The minimum atomic E-state index is -3.41. The van der Waals surface area contributed by atoms with Crippen molar-refractivity contribution in [1.82, 2.24) is 14.6 Å². The van der Waals surface area contributed by atoms with Gasteiger partial charge in [0, 0.05) is 18.8 Å². The average molecular weight is 404 g/mol. The summed E-state index contributed by atoms with van der Waals surface area (Å²) >= 11 is 5.83. The smallest absolute Gasteiger partial charge is 0.410 e. The topological polar surface area (TPSA) is 88.6 Å². The van der Waals surface area contributed by atoms with Crippen LogP contribution in [0.2, 0.25) is 5.15 Å². The number of likely N-dealkylation sites (tertiary alicyclic amines) is 1. The molecular formula is C17H26ClN3O4S. The monoisotopic (exact) mass is 403 g/mol. The third-order valence-electron chi connectivity index (χ3n) is 4.01. The highest BCUT2D eigenvalue weighted by Crippen LogP contribution is 2.24. The third-order valence-corrected chi connectivity index (χ3v) is 4.96. The first-order valence-corrected chi connectivity index (χ1v) is 10.8. The number of carbonyl (C=O) groups is 1. The van der Waals surface area contributed by atoms with Gasteiger partial charge >= 0.3 is 6.09 Å². The number of rotatable bonds is 4. The number of amides is 1. The molecule has 1 aromatic heterocycles. The molecule has 0 aromatic carbocycles. The predicted octanol–water partition coefficient (Wildman–Crippen LogP) is 2.59. The van der Waals surface area contributed by atoms with Crippen molar-refractivity contribution in [2.75, 3.05) is 12.8 Å². The number of piperidine rings is 1. The van der Waals surface area contributed by atoms with Crippen molar-refractivity contribution in [1.29, 1.82) is 0 Å². The molecule has 0 saturated carbocycles. The number of ether oxygens (including phenoxy) is 1. The molecule has 1 aliphatic heterocycles. The molecular weight excluding hydrogens is 378 g/mol. The van der Waals surface area contributed by atoms with Gasteiger partial charge < -0.3 is 9.64 Å². The van der Waals surface area contributed by atoms with Gasteiger partial charge in [-0.15, -0.1) is 0 Å². The molecule has 0 aliphatic carbocycles. The largest absolute Gasteiger partial charge is 0.444 e. The van der Waals surface area contributed by atoms with Gasteiger partial charge in [-0.25, -0.2) is 22.9 Å². The summed E-state index contributed by atoms with van der Waals surface area (Å²) in [4.78, 5) is 18.4. The lowest BCUT2D eigenvalue weighted by atomic mass is 9.92. The van der Waals surface area contributed by atoms with Crippen LogP contribution in [0.1, 0.15) is 39.2 Å². The fourth-order valence-corrected chi connectivity index (χ4v) is 3.97. The molecule has 1 saturated heterocycles. The maximum Gasteiger partial charge on any atom is 0.410 e. The number of nitrogens with one attached hydrogen (secondary N) is 1. The van der Waals surface area contributed by atoms with Crippen LogP contribution >= 0.6 is 11.6 Å². The molecule has 146 valence electrons. The second-order valence-corrected chi connectivity index (χ2v) is 9.74. The van der Waals surface area contributed by atoms with Crippen molar-refractivity contribution in [3.05, 3.63) is 29.0 Å². The Morgan fingerprint density at radius 1 is 1.42 bits per heavy atom. The molecule has 9 heteroatoms. The minimum Gasteiger partial charge on any atom is -0.444 e. The zero-order valence-electron chi connectivity index (χ0n) is 15.5. The van der Waals surface area contributed by atoms with E-state index in [2.05, 4.69) is 9.71 Å². The van der Waals surface area contributed by atoms with E-state index in [1.807, 2.05) is 6.07 Å². The van der Waals surface area contributed by atoms with Crippen molar-refractivity contribution < 1.29 is 17.9 Å². The minimum absolute atomic E-state index is 0.365. The van der Waals surface area contributed by atoms with Gasteiger partial charge in [-0.2, -0.15) is 0 Å². The van der Waals surface area contributed by atoms with E-state index in [1.165, 1.54) is 0 Å². The third kappa shape index (κ3) is 6.41. The number of pyridine rings is 1. The van der Waals surface area contributed by atoms with Gasteiger partial charge in [0.25, 0.3) is 0 Å². The summed E-state index contributed by atoms with van der Waals surface area (Å²) in [5, 5.41) is 0.382. The van der Waals surface area contributed by atoms with Crippen LogP contribution < -0.4 is 4.72 Å². The molecule has 0 spiro atoms. The van der Waals surface area contributed by atoms with Crippen molar-refractivity contribution >= 4 is 27.7 Å². The average Bonchev–Trinajstić information content (AvgIpc) is 2.48. The maximum absolute atomic E-state index is 12.7. The van der Waals surface area contributed by atoms with Gasteiger partial charge in [0.05, 0.1) is 12.3 Å². The van der Waals surface area contributed by atoms with Crippen molar-refractivity contribution in [2.45, 2.75) is 57.7 Å². The molecule has 1 aromatic rings. The van der Waals surface area contributed by atoms with Crippen LogP contribution in [0.15, 0.2) is 18.3 Å². The van der Waals surface area contributed by atoms with E-state index in [4.69, 9.17) is 16.3 Å². The summed E-state index contributed by atoms with van der Waals surface area (Å²) in [5.74, 6) is 0. The first kappa shape index (κ1) is 20.9. The van der Waals surface area contributed by atoms with Crippen LogP contribution in [0, 0.1) is 0 Å². The summed E-state index contributed by atoms with van der Waals surface area (Å²) in [6.07, 6.45) is 4.13. The van der Waals surface area contributed by atoms with Gasteiger partial charge in [0.15, 0.2) is 0 Å². The molecule has 26 heavy (non-hydrogen) atoms. The summed E-state index contributed by atoms with van der Waals surface area (Å²) < 4.78 is 31.7. The Kier molecular flexibility index (Phi) is 6.52. The first-order valence-electron chi connectivity index (χ1n) is 8.52. The van der Waals surface area contributed by atoms with Crippen LogP contribution in [-0.2, 0) is 21.2 Å². The number of nitrogens with zero attached hydrogens (tertiary/aromatic N) is 2. The number of carbonyl (C=O) groups excluding carboxylic acids is 1. The van der Waals surface area contributed by atoms with Crippen LogP contribution in [0.25, 0.3) is 0 Å². The molecule has 0 bridgehead atoms. The normalized spacial score (nSPS) is 21.5. The van der Waals surface area contributed by atoms with Gasteiger partial charge in [-0.1, -0.05) is 17.7 Å². The van der Waals surface area contributed by atoms with Crippen LogP contribution in [0.3, 0.4) is 0 Å². The molecule has 1 aliphatic rings. The lowest BCUT2D eigenvalue weighted by Gasteiger charge is -2.41. The standard InChI is InChI=1S/C17H26ClN3O4S/c1-17(2,3)25-16(22)21-9-5-6-13(20-26(4,23)24)14(21)10-12-7-8-15(18)19-11-12/h7-8,11,13-14,20H,5-6,9-10H2,1-4H3.